The number of hydrogen-bond acceptors (Lipinski definition) is 6. The Bertz CT molecular complexity index is 973. The van der Waals surface area contributed by atoms with E-state index in [-0.39, 0.29) is 5.91 Å². The topological polar surface area (TPSA) is 95.5 Å². The second kappa shape index (κ2) is 7.88. The van der Waals surface area contributed by atoms with Crippen LogP contribution in [0.5, 0.6) is 0 Å². The summed E-state index contributed by atoms with van der Waals surface area (Å²) in [5.41, 5.74) is 9.25. The summed E-state index contributed by atoms with van der Waals surface area (Å²) in [6.07, 6.45) is 8.11. The monoisotopic (exact) mass is 392 g/mol. The molecule has 29 heavy (non-hydrogen) atoms. The molecule has 2 aliphatic heterocycles. The number of hydrazone groups is 1. The van der Waals surface area contributed by atoms with E-state index in [0.717, 1.165) is 51.4 Å². The van der Waals surface area contributed by atoms with Crippen molar-refractivity contribution in [3.05, 3.63) is 52.1 Å². The number of amides is 1. The fourth-order valence-electron chi connectivity index (χ4n) is 4.30. The van der Waals surface area contributed by atoms with Crippen LogP contribution in [0.1, 0.15) is 41.1 Å². The Hall–Kier alpha value is -2.84. The lowest BCUT2D eigenvalue weighted by atomic mass is 9.93. The fourth-order valence-corrected chi connectivity index (χ4v) is 4.30. The van der Waals surface area contributed by atoms with E-state index in [1.54, 1.807) is 12.3 Å². The molecule has 0 spiro atoms. The van der Waals surface area contributed by atoms with Crippen molar-refractivity contribution < 1.29 is 9.53 Å². The van der Waals surface area contributed by atoms with E-state index < -0.39 is 0 Å². The molecule has 150 valence electrons. The summed E-state index contributed by atoms with van der Waals surface area (Å²) in [7, 11) is 0. The Morgan fingerprint density at radius 3 is 2.90 bits per heavy atom. The average Bonchev–Trinajstić information content (AvgIpc) is 3.30. The number of fused-ring (bicyclic) bond motifs is 1. The summed E-state index contributed by atoms with van der Waals surface area (Å²) in [4.78, 5) is 18.6. The second-order valence-electron chi connectivity index (χ2n) is 7.64. The van der Waals surface area contributed by atoms with E-state index >= 15 is 0 Å². The maximum Gasteiger partial charge on any atom is 0.273 e. The lowest BCUT2D eigenvalue weighted by molar-refractivity contribution is -0.116. The minimum absolute atomic E-state index is 0.212. The van der Waals surface area contributed by atoms with E-state index in [0.29, 0.717) is 17.0 Å². The normalized spacial score (nSPS) is 21.2. The van der Waals surface area contributed by atoms with Crippen molar-refractivity contribution in [2.75, 3.05) is 26.3 Å². The molecule has 8 nitrogen and oxygen atoms in total. The largest absolute Gasteiger partial charge is 0.379 e. The molecule has 1 fully saturated rings. The number of aromatic amines is 1. The number of hydrogen-bond donors (Lipinski definition) is 2. The number of aromatic nitrogens is 3. The Balaban J connectivity index is 1.53. The maximum absolute atomic E-state index is 12.5. The van der Waals surface area contributed by atoms with Gasteiger partial charge in [-0.05, 0) is 55.0 Å². The van der Waals surface area contributed by atoms with Gasteiger partial charge in [-0.1, -0.05) is 0 Å². The van der Waals surface area contributed by atoms with Gasteiger partial charge in [0.25, 0.3) is 5.91 Å². The third-order valence-electron chi connectivity index (χ3n) is 5.80. The number of nitrogens with one attached hydrogen (secondary N) is 2. The number of H-pyrrole nitrogens is 1. The molecule has 2 N–H and O–H groups in total. The molecule has 2 aromatic heterocycles. The van der Waals surface area contributed by atoms with Gasteiger partial charge in [-0.25, -0.2) is 5.43 Å². The first kappa shape index (κ1) is 18.2. The molecule has 1 amide bonds. The Morgan fingerprint density at radius 2 is 2.07 bits per heavy atom. The van der Waals surface area contributed by atoms with Crippen LogP contribution >= 0.6 is 0 Å². The zero-order valence-electron chi connectivity index (χ0n) is 16.3. The molecule has 4 heterocycles. The van der Waals surface area contributed by atoms with Gasteiger partial charge >= 0.3 is 0 Å². The minimum Gasteiger partial charge on any atom is -0.379 e. The zero-order valence-corrected chi connectivity index (χ0v) is 16.3. The van der Waals surface area contributed by atoms with E-state index in [9.17, 15) is 4.79 Å². The summed E-state index contributed by atoms with van der Waals surface area (Å²) in [6.45, 7) is 4.28. The van der Waals surface area contributed by atoms with Gasteiger partial charge in [0, 0.05) is 37.2 Å². The van der Waals surface area contributed by atoms with Crippen molar-refractivity contribution in [1.82, 2.24) is 25.5 Å². The number of ether oxygens (including phenoxy) is 1. The van der Waals surface area contributed by atoms with Gasteiger partial charge in [0.1, 0.15) is 11.4 Å². The summed E-state index contributed by atoms with van der Waals surface area (Å²) >= 11 is 0. The lowest BCUT2D eigenvalue weighted by Gasteiger charge is -2.27. The molecular weight excluding hydrogens is 368 g/mol. The predicted octanol–water partition coefficient (Wildman–Crippen LogP) is 1.43. The number of carbonyl (C=O) groups excluding carboxylic acids is 1. The van der Waals surface area contributed by atoms with Gasteiger partial charge in [0.15, 0.2) is 0 Å². The van der Waals surface area contributed by atoms with Crippen LogP contribution in [-0.4, -0.2) is 58.0 Å². The SMILES string of the molecule is O=C1NN=C(c2cccnn2)/C1=C\c1[nH]c2c(c1CN1CCOCC1)CCCC2. The van der Waals surface area contributed by atoms with Crippen LogP contribution in [0.15, 0.2) is 29.0 Å². The van der Waals surface area contributed by atoms with Crippen molar-refractivity contribution in [2.24, 2.45) is 5.10 Å². The summed E-state index contributed by atoms with van der Waals surface area (Å²) in [5, 5.41) is 12.2. The van der Waals surface area contributed by atoms with Crippen LogP contribution in [-0.2, 0) is 28.9 Å². The van der Waals surface area contributed by atoms with Crippen molar-refractivity contribution in [3.63, 3.8) is 0 Å². The van der Waals surface area contributed by atoms with Gasteiger partial charge < -0.3 is 9.72 Å². The first-order valence-corrected chi connectivity index (χ1v) is 10.2. The minimum atomic E-state index is -0.212. The highest BCUT2D eigenvalue weighted by Crippen LogP contribution is 2.30. The molecule has 0 radical (unpaired) electrons. The number of nitrogens with zero attached hydrogens (tertiary/aromatic N) is 4. The highest BCUT2D eigenvalue weighted by atomic mass is 16.5. The van der Waals surface area contributed by atoms with E-state index in [1.807, 2.05) is 12.1 Å². The molecule has 3 aliphatic rings. The van der Waals surface area contributed by atoms with Crippen LogP contribution in [0.25, 0.3) is 6.08 Å². The highest BCUT2D eigenvalue weighted by Gasteiger charge is 2.28. The van der Waals surface area contributed by atoms with Crippen molar-refractivity contribution >= 4 is 17.7 Å². The molecule has 0 aromatic carbocycles. The van der Waals surface area contributed by atoms with Crippen molar-refractivity contribution in [3.8, 4) is 0 Å². The first-order chi connectivity index (χ1) is 14.3. The van der Waals surface area contributed by atoms with Crippen LogP contribution < -0.4 is 5.43 Å². The number of aryl methyl sites for hydroxylation is 1. The molecule has 5 rings (SSSR count). The Labute approximate surface area is 169 Å². The van der Waals surface area contributed by atoms with Crippen LogP contribution in [0, 0.1) is 0 Å². The molecule has 0 saturated carbocycles. The third kappa shape index (κ3) is 3.61. The van der Waals surface area contributed by atoms with E-state index in [4.69, 9.17) is 4.74 Å². The highest BCUT2D eigenvalue weighted by molar-refractivity contribution is 6.32. The van der Waals surface area contributed by atoms with Gasteiger partial charge in [0.2, 0.25) is 0 Å². The molecule has 8 heteroatoms. The van der Waals surface area contributed by atoms with Gasteiger partial charge in [-0.2, -0.15) is 10.2 Å². The van der Waals surface area contributed by atoms with E-state index in [2.05, 4.69) is 30.6 Å². The van der Waals surface area contributed by atoms with Gasteiger partial charge in [0.05, 0.1) is 18.8 Å². The van der Waals surface area contributed by atoms with Gasteiger partial charge in [-0.3, -0.25) is 9.69 Å². The average molecular weight is 392 g/mol. The molecule has 0 bridgehead atoms. The van der Waals surface area contributed by atoms with Crippen molar-refractivity contribution in [1.29, 1.82) is 0 Å². The number of carbonyl (C=O) groups is 1. The molecular formula is C21H24N6O2. The molecule has 1 saturated heterocycles. The van der Waals surface area contributed by atoms with Gasteiger partial charge in [-0.15, -0.1) is 5.10 Å². The molecule has 0 atom stereocenters. The number of morpholine rings is 1. The summed E-state index contributed by atoms with van der Waals surface area (Å²) < 4.78 is 5.50. The fraction of sp³-hybridized carbons (Fsp3) is 0.429. The van der Waals surface area contributed by atoms with Crippen molar-refractivity contribution in [2.45, 2.75) is 32.2 Å². The molecule has 1 aliphatic carbocycles. The quantitative estimate of drug-likeness (QED) is 0.768. The molecule has 2 aromatic rings. The maximum atomic E-state index is 12.5. The summed E-state index contributed by atoms with van der Waals surface area (Å²) in [5.74, 6) is -0.212. The number of rotatable bonds is 4. The predicted molar refractivity (Wildman–Crippen MR) is 108 cm³/mol. The smallest absolute Gasteiger partial charge is 0.273 e. The Morgan fingerprint density at radius 1 is 1.21 bits per heavy atom. The van der Waals surface area contributed by atoms with Crippen LogP contribution in [0.3, 0.4) is 0 Å². The Kier molecular flexibility index (Phi) is 4.95. The summed E-state index contributed by atoms with van der Waals surface area (Å²) in [6, 6.07) is 3.61. The van der Waals surface area contributed by atoms with Crippen LogP contribution in [0.2, 0.25) is 0 Å². The standard InChI is InChI=1S/C21H24N6O2/c28-21-15(20(25-26-21)18-6-3-7-22-24-18)12-19-16(13-27-8-10-29-11-9-27)14-4-1-2-5-17(14)23-19/h3,6-7,12,23H,1-2,4-5,8-11,13H2,(H,26,28)/b15-12+. The third-order valence-corrected chi connectivity index (χ3v) is 5.80. The van der Waals surface area contributed by atoms with Crippen LogP contribution in [0.4, 0.5) is 0 Å². The molecule has 0 unspecified atom stereocenters. The first-order valence-electron chi connectivity index (χ1n) is 10.2. The lowest BCUT2D eigenvalue weighted by Crippen LogP contribution is -2.36. The zero-order chi connectivity index (χ0) is 19.6. The second-order valence-corrected chi connectivity index (χ2v) is 7.64. The van der Waals surface area contributed by atoms with E-state index in [1.165, 1.54) is 29.7 Å².